The number of benzene rings is 4. The molecular weight excluding hydrogens is 1280 g/mol. The Labute approximate surface area is 553 Å². The van der Waals surface area contributed by atoms with E-state index in [1.807, 2.05) is 53.3 Å². The molecule has 0 bridgehead atoms. The molecule has 20 nitrogen and oxygen atoms in total. The van der Waals surface area contributed by atoms with E-state index in [-0.39, 0.29) is 35.8 Å². The van der Waals surface area contributed by atoms with Gasteiger partial charge >= 0.3 is 11.5 Å². The average Bonchev–Trinajstić information content (AvgIpc) is 0.848. The summed E-state index contributed by atoms with van der Waals surface area (Å²) >= 11 is 7.81. The van der Waals surface area contributed by atoms with Crippen LogP contribution < -0.4 is 25.2 Å². The number of thioether (sulfide) groups is 1. The molecule has 27 heteroatoms. The molecule has 4 aromatic carbocycles. The van der Waals surface area contributed by atoms with E-state index in [1.54, 1.807) is 39.0 Å². The fraction of sp³-hybridized carbons (Fsp3) is 0.500. The number of esters is 1. The van der Waals surface area contributed by atoms with E-state index >= 15 is 0 Å². The van der Waals surface area contributed by atoms with Gasteiger partial charge in [-0.2, -0.15) is 13.2 Å². The first kappa shape index (κ1) is 70.9. The normalized spacial score (nSPS) is 18.8. The Kier molecular flexibility index (Phi) is 24.3. The molecule has 504 valence electrons. The minimum Gasteiger partial charge on any atom is -0.458 e. The highest BCUT2D eigenvalue weighted by atomic mass is 35.5. The number of anilines is 3. The van der Waals surface area contributed by atoms with Crippen LogP contribution in [0.5, 0.6) is 0 Å². The molecule has 5 aromatic rings. The first-order chi connectivity index (χ1) is 44.3. The summed E-state index contributed by atoms with van der Waals surface area (Å²) in [5.41, 5.74) is -1.85. The second kappa shape index (κ2) is 31.9. The van der Waals surface area contributed by atoms with Crippen LogP contribution in [0.1, 0.15) is 92.6 Å². The molecule has 3 saturated heterocycles. The number of allylic oxidation sites excluding steroid dienone is 1. The summed E-state index contributed by atoms with van der Waals surface area (Å²) in [6.07, 6.45) is 4.60. The molecule has 0 spiro atoms. The number of aromatic nitrogens is 2. The number of piperazine rings is 2. The number of halogens is 4. The van der Waals surface area contributed by atoms with Crippen molar-refractivity contribution in [1.82, 2.24) is 34.9 Å². The van der Waals surface area contributed by atoms with Crippen LogP contribution in [0, 0.1) is 5.41 Å². The zero-order valence-corrected chi connectivity index (χ0v) is 56.3. The van der Waals surface area contributed by atoms with Crippen LogP contribution in [-0.4, -0.2) is 200 Å². The molecule has 4 aliphatic rings. The van der Waals surface area contributed by atoms with Gasteiger partial charge in [-0.25, -0.2) is 26.4 Å². The Morgan fingerprint density at radius 2 is 1.49 bits per heavy atom. The van der Waals surface area contributed by atoms with Crippen molar-refractivity contribution in [2.45, 2.75) is 98.1 Å². The van der Waals surface area contributed by atoms with Gasteiger partial charge in [0.15, 0.2) is 11.5 Å². The van der Waals surface area contributed by atoms with Crippen molar-refractivity contribution in [2.24, 2.45) is 5.41 Å². The second-order valence-electron chi connectivity index (χ2n) is 25.3. The van der Waals surface area contributed by atoms with Crippen molar-refractivity contribution in [2.75, 3.05) is 139 Å². The van der Waals surface area contributed by atoms with Crippen LogP contribution in [-0.2, 0) is 38.9 Å². The molecule has 9 rings (SSSR count). The van der Waals surface area contributed by atoms with Crippen molar-refractivity contribution < 1.29 is 58.6 Å². The minimum absolute atomic E-state index is 0.00960. The summed E-state index contributed by atoms with van der Waals surface area (Å²) in [5.74, 6) is -0.760. The number of carbonyl (C=O) groups excluding carboxylic acids is 3. The van der Waals surface area contributed by atoms with Gasteiger partial charge in [-0.15, -0.1) is 22.0 Å². The lowest BCUT2D eigenvalue weighted by Gasteiger charge is -2.44. The van der Waals surface area contributed by atoms with E-state index in [0.29, 0.717) is 81.4 Å². The van der Waals surface area contributed by atoms with Crippen LogP contribution in [0.15, 0.2) is 129 Å². The van der Waals surface area contributed by atoms with Crippen LogP contribution in [0.3, 0.4) is 0 Å². The van der Waals surface area contributed by atoms with Gasteiger partial charge in [0, 0.05) is 138 Å². The maximum absolute atomic E-state index is 14.4. The van der Waals surface area contributed by atoms with Gasteiger partial charge in [-0.05, 0) is 155 Å². The van der Waals surface area contributed by atoms with Crippen LogP contribution >= 0.6 is 23.4 Å². The fourth-order valence-electron chi connectivity index (χ4n) is 12.0. The van der Waals surface area contributed by atoms with Crippen molar-refractivity contribution in [1.29, 1.82) is 0 Å². The number of nitrogens with zero attached hydrogens (tertiary/aromatic N) is 7. The second-order valence-corrected chi connectivity index (χ2v) is 30.4. The average molecular weight is 1370 g/mol. The number of nitrogens with one attached hydrogen (secondary N) is 3. The number of sulfone groups is 1. The van der Waals surface area contributed by atoms with Gasteiger partial charge in [0.25, 0.3) is 31.7 Å². The molecule has 93 heavy (non-hydrogen) atoms. The first-order valence-corrected chi connectivity index (χ1v) is 35.8. The molecule has 2 atom stereocenters. The molecule has 3 fully saturated rings. The number of hydrogen-bond donors (Lipinski definition) is 3. The lowest BCUT2D eigenvalue weighted by Crippen LogP contribution is -2.50. The van der Waals surface area contributed by atoms with E-state index in [2.05, 4.69) is 64.4 Å². The summed E-state index contributed by atoms with van der Waals surface area (Å²) in [5, 5.41) is 15.2. The number of sulfonamides is 1. The standard InChI is InChI=1S/C66H84ClF3N10O10S3/c1-64(2,3)90-61(81)45-89-39-8-27-71-63(83)58-22-23-60(74-73-58)80-36-32-78(33-37-80)47-65(4)26-24-56(48-12-16-51(67)17-13-48)50(43-65)44-77-30-34-79(35-31-77)53-18-14-49(15-19-53)62(82)75-93(86,87)55-20-21-57(59(42-55)92(84,85)66(68,69)70)72-52(46-91-54-10-6-5-7-11-54)25-29-76-28-9-40-88-41-38-76/h5-7,10-23,42,52,72H,8-9,24-41,43-47H2,1-4H3,(H,71,83)(H,75,82)/t52-,65-/m1/s1. The lowest BCUT2D eigenvalue weighted by atomic mass is 9.71. The fourth-order valence-corrected chi connectivity index (χ4v) is 15.1. The zero-order chi connectivity index (χ0) is 66.4. The summed E-state index contributed by atoms with van der Waals surface area (Å²) in [6.45, 7) is 19.1. The van der Waals surface area contributed by atoms with Gasteiger partial charge in [-0.1, -0.05) is 54.4 Å². The van der Waals surface area contributed by atoms with Crippen LogP contribution in [0.2, 0.25) is 5.02 Å². The third-order valence-corrected chi connectivity index (χ3v) is 21.1. The summed E-state index contributed by atoms with van der Waals surface area (Å²) < 4.78 is 115. The Hall–Kier alpha value is -6.36. The van der Waals surface area contributed by atoms with E-state index in [1.165, 1.54) is 40.6 Å². The molecule has 1 aromatic heterocycles. The van der Waals surface area contributed by atoms with Crippen molar-refractivity contribution >= 4 is 83.8 Å². The quantitative estimate of drug-likeness (QED) is 0.0266. The number of amides is 2. The predicted octanol–water partition coefficient (Wildman–Crippen LogP) is 9.29. The SMILES string of the molecule is CC(C)(C)OC(=O)COCCCNC(=O)c1ccc(N2CCN(C[C@]3(C)CCC(c4ccc(Cl)cc4)=C(CN4CCN(c5ccc(C(=O)NS(=O)(=O)c6ccc(N[C@H](CCN7CCCOCC7)CSc7ccccc7)c(S(=O)(=O)C(F)(F)F)c6)cc5)CC4)C3)CC2)nn1. The number of hydrogen-bond acceptors (Lipinski definition) is 19. The molecule has 0 saturated carbocycles. The Balaban J connectivity index is 0.776. The first-order valence-electron chi connectivity index (χ1n) is 31.5. The monoisotopic (exact) mass is 1360 g/mol. The molecule has 1 aliphatic carbocycles. The molecule has 0 radical (unpaired) electrons. The predicted molar refractivity (Wildman–Crippen MR) is 355 cm³/mol. The van der Waals surface area contributed by atoms with E-state index in [9.17, 15) is 44.4 Å². The van der Waals surface area contributed by atoms with E-state index < -0.39 is 64.4 Å². The summed E-state index contributed by atoms with van der Waals surface area (Å²) in [7, 11) is -11.0. The lowest BCUT2D eigenvalue weighted by molar-refractivity contribution is -0.160. The summed E-state index contributed by atoms with van der Waals surface area (Å²) in [4.78, 5) is 48.6. The van der Waals surface area contributed by atoms with Gasteiger partial charge in [0.1, 0.15) is 17.1 Å². The molecular formula is C66H84ClF3N10O10S3. The van der Waals surface area contributed by atoms with Gasteiger partial charge in [0.05, 0.1) is 17.2 Å². The van der Waals surface area contributed by atoms with Gasteiger partial charge < -0.3 is 39.5 Å². The Morgan fingerprint density at radius 3 is 2.18 bits per heavy atom. The third kappa shape index (κ3) is 20.3. The van der Waals surface area contributed by atoms with E-state index in [4.69, 9.17) is 25.8 Å². The maximum atomic E-state index is 14.4. The number of ether oxygens (including phenoxy) is 3. The molecule has 0 unspecified atom stereocenters. The van der Waals surface area contributed by atoms with Gasteiger partial charge in [-0.3, -0.25) is 19.4 Å². The van der Waals surface area contributed by atoms with Gasteiger partial charge in [0.2, 0.25) is 0 Å². The van der Waals surface area contributed by atoms with Crippen molar-refractivity contribution in [3.8, 4) is 0 Å². The topological polar surface area (TPSA) is 225 Å². The highest BCUT2D eigenvalue weighted by molar-refractivity contribution is 7.99. The van der Waals surface area contributed by atoms with Crippen LogP contribution in [0.4, 0.5) is 30.4 Å². The summed E-state index contributed by atoms with van der Waals surface area (Å²) in [6, 6.07) is 29.2. The Bertz CT molecular complexity index is 3590. The van der Waals surface area contributed by atoms with Crippen molar-refractivity contribution in [3.63, 3.8) is 0 Å². The molecule has 3 aliphatic heterocycles. The third-order valence-electron chi connectivity index (χ3n) is 16.8. The van der Waals surface area contributed by atoms with E-state index in [0.717, 1.165) is 107 Å². The maximum Gasteiger partial charge on any atom is 0.501 e. The Morgan fingerprint density at radius 1 is 0.785 bits per heavy atom. The highest BCUT2D eigenvalue weighted by Crippen LogP contribution is 2.44. The molecule has 2 amide bonds. The minimum atomic E-state index is -6.10. The zero-order valence-electron chi connectivity index (χ0n) is 53.1. The smallest absolute Gasteiger partial charge is 0.458 e. The molecule has 3 N–H and O–H groups in total. The largest absolute Gasteiger partial charge is 0.501 e. The number of rotatable bonds is 26. The van der Waals surface area contributed by atoms with Crippen LogP contribution in [0.25, 0.3) is 5.57 Å². The molecule has 4 heterocycles. The number of carbonyl (C=O) groups is 3. The highest BCUT2D eigenvalue weighted by Gasteiger charge is 2.49. The number of alkyl halides is 3. The van der Waals surface area contributed by atoms with Crippen molar-refractivity contribution in [3.05, 3.63) is 137 Å².